The Morgan fingerprint density at radius 2 is 2.08 bits per heavy atom. The third-order valence-corrected chi connectivity index (χ3v) is 7.43. The highest BCUT2D eigenvalue weighted by atomic mass is 32.2. The Balaban J connectivity index is 1.53. The van der Waals surface area contributed by atoms with E-state index in [0.29, 0.717) is 45.9 Å². The lowest BCUT2D eigenvalue weighted by molar-refractivity contribution is -0.385. The van der Waals surface area contributed by atoms with Crippen LogP contribution in [0.3, 0.4) is 0 Å². The fraction of sp³-hybridized carbons (Fsp3) is 0.269. The van der Waals surface area contributed by atoms with Gasteiger partial charge >= 0.3 is 5.69 Å². The SMILES string of the molecule is CCOc1ccc(-c2cc(C=C3SC(=S)N(CC4CCCO4)C3=O)n(-c3ccccc3)n2)cc1[N+](=O)[O-]. The maximum absolute atomic E-state index is 13.2. The van der Waals surface area contributed by atoms with Crippen LogP contribution in [0.25, 0.3) is 23.0 Å². The molecule has 1 amide bonds. The Morgan fingerprint density at radius 3 is 2.78 bits per heavy atom. The molecular formula is C26H24N4O5S2. The molecule has 37 heavy (non-hydrogen) atoms. The van der Waals surface area contributed by atoms with E-state index < -0.39 is 4.92 Å². The number of benzene rings is 2. The molecule has 0 radical (unpaired) electrons. The van der Waals surface area contributed by atoms with E-state index in [1.165, 1.54) is 17.8 Å². The van der Waals surface area contributed by atoms with Crippen LogP contribution in [0.4, 0.5) is 5.69 Å². The summed E-state index contributed by atoms with van der Waals surface area (Å²) < 4.78 is 13.3. The molecule has 3 aromatic rings. The molecule has 2 fully saturated rings. The predicted molar refractivity (Wildman–Crippen MR) is 146 cm³/mol. The zero-order valence-corrected chi connectivity index (χ0v) is 21.7. The lowest BCUT2D eigenvalue weighted by atomic mass is 10.1. The van der Waals surface area contributed by atoms with Crippen LogP contribution in [0.2, 0.25) is 0 Å². The van der Waals surface area contributed by atoms with E-state index in [9.17, 15) is 14.9 Å². The minimum atomic E-state index is -0.469. The summed E-state index contributed by atoms with van der Waals surface area (Å²) in [6, 6.07) is 16.1. The maximum Gasteiger partial charge on any atom is 0.311 e. The zero-order chi connectivity index (χ0) is 25.9. The Morgan fingerprint density at radius 1 is 1.27 bits per heavy atom. The van der Waals surface area contributed by atoms with Gasteiger partial charge in [-0.25, -0.2) is 4.68 Å². The van der Waals surface area contributed by atoms with Crippen molar-refractivity contribution in [3.8, 4) is 22.7 Å². The molecule has 0 aliphatic carbocycles. The summed E-state index contributed by atoms with van der Waals surface area (Å²) in [7, 11) is 0. The summed E-state index contributed by atoms with van der Waals surface area (Å²) in [5.74, 6) is 0.0402. The molecule has 9 nitrogen and oxygen atoms in total. The van der Waals surface area contributed by atoms with Gasteiger partial charge in [0.2, 0.25) is 0 Å². The second-order valence-electron chi connectivity index (χ2n) is 8.50. The lowest BCUT2D eigenvalue weighted by Gasteiger charge is -2.18. The number of thioether (sulfide) groups is 1. The summed E-state index contributed by atoms with van der Waals surface area (Å²) in [6.45, 7) is 3.24. The zero-order valence-electron chi connectivity index (χ0n) is 20.0. The number of para-hydroxylation sites is 1. The molecule has 3 heterocycles. The van der Waals surface area contributed by atoms with E-state index in [2.05, 4.69) is 0 Å². The van der Waals surface area contributed by atoms with Gasteiger partial charge in [-0.1, -0.05) is 42.2 Å². The van der Waals surface area contributed by atoms with Crippen LogP contribution in [0.15, 0.2) is 59.5 Å². The van der Waals surface area contributed by atoms with Gasteiger partial charge in [-0.15, -0.1) is 0 Å². The Bertz CT molecular complexity index is 1380. The number of ether oxygens (including phenoxy) is 2. The number of thiocarbonyl (C=S) groups is 1. The van der Waals surface area contributed by atoms with E-state index in [1.807, 2.05) is 30.3 Å². The highest BCUT2D eigenvalue weighted by Crippen LogP contribution is 2.36. The summed E-state index contributed by atoms with van der Waals surface area (Å²) in [5, 5.41) is 16.4. The van der Waals surface area contributed by atoms with Crippen LogP contribution in [-0.2, 0) is 9.53 Å². The molecule has 2 saturated heterocycles. The molecule has 1 aromatic heterocycles. The Labute approximate surface area is 223 Å². The van der Waals surface area contributed by atoms with Gasteiger partial charge in [0.05, 0.1) is 46.2 Å². The third-order valence-electron chi connectivity index (χ3n) is 6.05. The van der Waals surface area contributed by atoms with Crippen molar-refractivity contribution in [2.45, 2.75) is 25.9 Å². The number of hydrogen-bond donors (Lipinski definition) is 0. The van der Waals surface area contributed by atoms with Crippen molar-refractivity contribution in [2.24, 2.45) is 0 Å². The van der Waals surface area contributed by atoms with Gasteiger partial charge in [-0.2, -0.15) is 5.10 Å². The molecule has 190 valence electrons. The second-order valence-corrected chi connectivity index (χ2v) is 10.2. The van der Waals surface area contributed by atoms with E-state index in [4.69, 9.17) is 26.8 Å². The van der Waals surface area contributed by atoms with Crippen LogP contribution >= 0.6 is 24.0 Å². The first-order valence-corrected chi connectivity index (χ1v) is 13.1. The number of nitrogens with zero attached hydrogens (tertiary/aromatic N) is 4. The summed E-state index contributed by atoms with van der Waals surface area (Å²) in [4.78, 5) is 26.5. The highest BCUT2D eigenvalue weighted by Gasteiger charge is 2.35. The van der Waals surface area contributed by atoms with Crippen molar-refractivity contribution >= 4 is 46.0 Å². The van der Waals surface area contributed by atoms with Crippen molar-refractivity contribution in [1.29, 1.82) is 0 Å². The summed E-state index contributed by atoms with van der Waals surface area (Å²) in [5.41, 5.74) is 2.39. The molecule has 11 heteroatoms. The number of carbonyl (C=O) groups is 1. The number of rotatable bonds is 8. The molecule has 1 unspecified atom stereocenters. The first-order valence-electron chi connectivity index (χ1n) is 11.9. The number of aromatic nitrogens is 2. The predicted octanol–water partition coefficient (Wildman–Crippen LogP) is 5.23. The number of nitro benzene ring substituents is 1. The first kappa shape index (κ1) is 25.1. The van der Waals surface area contributed by atoms with Gasteiger partial charge in [0.25, 0.3) is 5.91 Å². The van der Waals surface area contributed by atoms with Gasteiger partial charge in [-0.3, -0.25) is 19.8 Å². The minimum absolute atomic E-state index is 0.00116. The normalized spacial score (nSPS) is 18.7. The van der Waals surface area contributed by atoms with Crippen LogP contribution in [-0.4, -0.2) is 55.7 Å². The number of amides is 1. The maximum atomic E-state index is 13.2. The van der Waals surface area contributed by atoms with Gasteiger partial charge in [0.15, 0.2) is 5.75 Å². The van der Waals surface area contributed by atoms with Crippen molar-refractivity contribution in [3.05, 3.63) is 75.3 Å². The fourth-order valence-electron chi connectivity index (χ4n) is 4.30. The van der Waals surface area contributed by atoms with Crippen molar-refractivity contribution in [2.75, 3.05) is 19.8 Å². The minimum Gasteiger partial charge on any atom is -0.487 e. The molecule has 5 rings (SSSR count). The van der Waals surface area contributed by atoms with Crippen molar-refractivity contribution in [3.63, 3.8) is 0 Å². The lowest BCUT2D eigenvalue weighted by Crippen LogP contribution is -2.35. The average Bonchev–Trinajstić information content (AvgIpc) is 3.62. The monoisotopic (exact) mass is 536 g/mol. The number of hydrogen-bond acceptors (Lipinski definition) is 8. The van der Waals surface area contributed by atoms with E-state index in [0.717, 1.165) is 18.5 Å². The van der Waals surface area contributed by atoms with E-state index >= 15 is 0 Å². The van der Waals surface area contributed by atoms with Crippen LogP contribution < -0.4 is 4.74 Å². The van der Waals surface area contributed by atoms with Crippen molar-refractivity contribution in [1.82, 2.24) is 14.7 Å². The number of carbonyl (C=O) groups excluding carboxylic acids is 1. The molecule has 2 aliphatic rings. The first-order chi connectivity index (χ1) is 17.9. The molecule has 0 saturated carbocycles. The molecular weight excluding hydrogens is 512 g/mol. The molecule has 0 bridgehead atoms. The van der Waals surface area contributed by atoms with Gasteiger partial charge in [-0.05, 0) is 56.2 Å². The van der Waals surface area contributed by atoms with E-state index in [1.54, 1.807) is 40.8 Å². The largest absolute Gasteiger partial charge is 0.487 e. The molecule has 2 aliphatic heterocycles. The fourth-order valence-corrected chi connectivity index (χ4v) is 5.56. The van der Waals surface area contributed by atoms with Crippen LogP contribution in [0.5, 0.6) is 5.75 Å². The topological polar surface area (TPSA) is 99.7 Å². The van der Waals surface area contributed by atoms with E-state index in [-0.39, 0.29) is 23.4 Å². The smallest absolute Gasteiger partial charge is 0.311 e. The second kappa shape index (κ2) is 10.8. The average molecular weight is 537 g/mol. The Kier molecular flexibility index (Phi) is 7.36. The van der Waals surface area contributed by atoms with Gasteiger partial charge < -0.3 is 9.47 Å². The van der Waals surface area contributed by atoms with Crippen LogP contribution in [0.1, 0.15) is 25.5 Å². The molecule has 1 atom stereocenters. The van der Waals surface area contributed by atoms with Gasteiger partial charge in [0.1, 0.15) is 4.32 Å². The van der Waals surface area contributed by atoms with Crippen LogP contribution in [0, 0.1) is 10.1 Å². The van der Waals surface area contributed by atoms with Gasteiger partial charge in [0, 0.05) is 18.2 Å². The Hall–Kier alpha value is -3.54. The standard InChI is InChI=1S/C26H24N4O5S2/c1-2-34-23-11-10-17(13-22(23)30(32)33)21-14-19(29(27-21)18-7-4-3-5-8-18)15-24-25(31)28(26(36)37-24)16-20-9-6-12-35-20/h3-5,7-8,10-11,13-15,20H,2,6,9,12,16H2,1H3. The van der Waals surface area contributed by atoms with Crippen molar-refractivity contribution < 1.29 is 19.2 Å². The quantitative estimate of drug-likeness (QED) is 0.167. The number of nitro groups is 1. The molecule has 0 spiro atoms. The molecule has 2 aromatic carbocycles. The summed E-state index contributed by atoms with van der Waals surface area (Å²) >= 11 is 6.75. The highest BCUT2D eigenvalue weighted by molar-refractivity contribution is 8.26. The third kappa shape index (κ3) is 5.29. The summed E-state index contributed by atoms with van der Waals surface area (Å²) in [6.07, 6.45) is 3.66. The molecule has 0 N–H and O–H groups in total.